The number of rotatable bonds is 6. The molecule has 0 radical (unpaired) electrons. The Morgan fingerprint density at radius 3 is 2.90 bits per heavy atom. The van der Waals surface area contributed by atoms with Crippen molar-refractivity contribution in [1.82, 2.24) is 10.3 Å². The molecule has 2 rings (SSSR count). The van der Waals surface area contributed by atoms with Gasteiger partial charge in [-0.1, -0.05) is 0 Å². The standard InChI is InChI=1S/C14H14N2O3S2/c1-9(17)15-7-13-16-10(8-20-13)2-3-11-4-5-12(21-11)6-14(18)19/h2-5,8H,6-7H2,1H3,(H,15,17)(H,18,19)/b3-2-. The van der Waals surface area contributed by atoms with Crippen LogP contribution in [-0.2, 0) is 22.6 Å². The van der Waals surface area contributed by atoms with Crippen molar-refractivity contribution in [3.63, 3.8) is 0 Å². The van der Waals surface area contributed by atoms with Crippen molar-refractivity contribution in [3.05, 3.63) is 38.0 Å². The number of carbonyl (C=O) groups excluding carboxylic acids is 1. The molecule has 2 aromatic rings. The van der Waals surface area contributed by atoms with Crippen LogP contribution in [0.15, 0.2) is 17.5 Å². The average Bonchev–Trinajstić information content (AvgIpc) is 3.02. The highest BCUT2D eigenvalue weighted by Crippen LogP contribution is 2.20. The molecule has 5 nitrogen and oxygen atoms in total. The van der Waals surface area contributed by atoms with Gasteiger partial charge in [-0.2, -0.15) is 0 Å². The maximum absolute atomic E-state index is 10.8. The summed E-state index contributed by atoms with van der Waals surface area (Å²) in [5.41, 5.74) is 0.827. The number of nitrogens with zero attached hydrogens (tertiary/aromatic N) is 1. The van der Waals surface area contributed by atoms with Crippen LogP contribution in [0.4, 0.5) is 0 Å². The molecule has 7 heteroatoms. The van der Waals surface area contributed by atoms with E-state index in [1.54, 1.807) is 0 Å². The third-order valence-electron chi connectivity index (χ3n) is 2.48. The first-order valence-electron chi connectivity index (χ1n) is 6.20. The van der Waals surface area contributed by atoms with Gasteiger partial charge in [0.2, 0.25) is 5.91 Å². The SMILES string of the molecule is CC(=O)NCc1nc(/C=C\c2ccc(CC(=O)O)s2)cs1. The van der Waals surface area contributed by atoms with E-state index in [4.69, 9.17) is 5.11 Å². The normalized spacial score (nSPS) is 10.9. The first kappa shape index (κ1) is 15.4. The quantitative estimate of drug-likeness (QED) is 0.857. The number of hydrogen-bond acceptors (Lipinski definition) is 5. The molecule has 110 valence electrons. The number of aliphatic carboxylic acids is 1. The number of thiazole rings is 1. The van der Waals surface area contributed by atoms with E-state index in [2.05, 4.69) is 10.3 Å². The zero-order chi connectivity index (χ0) is 15.2. The van der Waals surface area contributed by atoms with Crippen LogP contribution in [0.2, 0.25) is 0 Å². The predicted molar refractivity (Wildman–Crippen MR) is 84.2 cm³/mol. The van der Waals surface area contributed by atoms with Gasteiger partial charge in [-0.15, -0.1) is 22.7 Å². The van der Waals surface area contributed by atoms with Gasteiger partial charge in [0.25, 0.3) is 0 Å². The summed E-state index contributed by atoms with van der Waals surface area (Å²) < 4.78 is 0. The third-order valence-corrected chi connectivity index (χ3v) is 4.40. The first-order chi connectivity index (χ1) is 10.0. The van der Waals surface area contributed by atoms with E-state index < -0.39 is 5.97 Å². The Kier molecular flexibility index (Phi) is 5.24. The number of aromatic nitrogens is 1. The van der Waals surface area contributed by atoms with Crippen LogP contribution in [0.5, 0.6) is 0 Å². The van der Waals surface area contributed by atoms with Crippen molar-refractivity contribution in [2.45, 2.75) is 19.9 Å². The second kappa shape index (κ2) is 7.14. The Morgan fingerprint density at radius 2 is 2.19 bits per heavy atom. The molecule has 0 atom stereocenters. The van der Waals surface area contributed by atoms with E-state index in [-0.39, 0.29) is 12.3 Å². The van der Waals surface area contributed by atoms with Crippen molar-refractivity contribution >= 4 is 46.7 Å². The number of amides is 1. The zero-order valence-corrected chi connectivity index (χ0v) is 13.0. The summed E-state index contributed by atoms with van der Waals surface area (Å²) in [5, 5.41) is 14.2. The monoisotopic (exact) mass is 322 g/mol. The highest BCUT2D eigenvalue weighted by Gasteiger charge is 2.03. The Labute approximate surface area is 130 Å². The van der Waals surface area contributed by atoms with Crippen LogP contribution in [0.25, 0.3) is 12.2 Å². The summed E-state index contributed by atoms with van der Waals surface area (Å²) >= 11 is 2.94. The molecule has 21 heavy (non-hydrogen) atoms. The Bertz CT molecular complexity index is 673. The van der Waals surface area contributed by atoms with Crippen molar-refractivity contribution in [3.8, 4) is 0 Å². The smallest absolute Gasteiger partial charge is 0.308 e. The molecule has 2 aromatic heterocycles. The minimum Gasteiger partial charge on any atom is -0.481 e. The highest BCUT2D eigenvalue weighted by molar-refractivity contribution is 7.13. The maximum Gasteiger partial charge on any atom is 0.308 e. The van der Waals surface area contributed by atoms with Gasteiger partial charge in [0.1, 0.15) is 5.01 Å². The molecule has 0 unspecified atom stereocenters. The van der Waals surface area contributed by atoms with Gasteiger partial charge in [-0.05, 0) is 24.3 Å². The molecular weight excluding hydrogens is 308 g/mol. The van der Waals surface area contributed by atoms with E-state index in [0.29, 0.717) is 6.54 Å². The van der Waals surface area contributed by atoms with Crippen LogP contribution in [0.3, 0.4) is 0 Å². The largest absolute Gasteiger partial charge is 0.481 e. The average molecular weight is 322 g/mol. The molecule has 2 N–H and O–H groups in total. The van der Waals surface area contributed by atoms with Crippen molar-refractivity contribution < 1.29 is 14.7 Å². The molecular formula is C14H14N2O3S2. The molecule has 0 aliphatic heterocycles. The van der Waals surface area contributed by atoms with E-state index in [0.717, 1.165) is 20.5 Å². The fraction of sp³-hybridized carbons (Fsp3) is 0.214. The molecule has 1 amide bonds. The summed E-state index contributed by atoms with van der Waals surface area (Å²) in [5.74, 6) is -0.902. The fourth-order valence-corrected chi connectivity index (χ4v) is 3.19. The predicted octanol–water partition coefficient (Wildman–Crippen LogP) is 2.64. The van der Waals surface area contributed by atoms with Gasteiger partial charge in [-0.25, -0.2) is 4.98 Å². The number of hydrogen-bond donors (Lipinski definition) is 2. The number of carboxylic acid groups (broad SMARTS) is 1. The summed E-state index contributed by atoms with van der Waals surface area (Å²) in [6.45, 7) is 1.91. The lowest BCUT2D eigenvalue weighted by Gasteiger charge is -1.95. The second-order valence-corrected chi connectivity index (χ2v) is 6.43. The van der Waals surface area contributed by atoms with Crippen LogP contribution in [0, 0.1) is 0 Å². The number of carbonyl (C=O) groups is 2. The topological polar surface area (TPSA) is 79.3 Å². The Balaban J connectivity index is 1.96. The summed E-state index contributed by atoms with van der Waals surface area (Å²) in [6, 6.07) is 3.71. The van der Waals surface area contributed by atoms with Crippen LogP contribution >= 0.6 is 22.7 Å². The summed E-state index contributed by atoms with van der Waals surface area (Å²) in [4.78, 5) is 27.6. The van der Waals surface area contributed by atoms with Crippen LogP contribution < -0.4 is 5.32 Å². The van der Waals surface area contributed by atoms with E-state index in [9.17, 15) is 9.59 Å². The molecule has 0 aromatic carbocycles. The molecule has 0 saturated heterocycles. The van der Waals surface area contributed by atoms with Gasteiger partial charge in [0, 0.05) is 22.1 Å². The third kappa shape index (κ3) is 5.13. The van der Waals surface area contributed by atoms with Crippen molar-refractivity contribution in [2.75, 3.05) is 0 Å². The van der Waals surface area contributed by atoms with E-state index >= 15 is 0 Å². The van der Waals surface area contributed by atoms with Gasteiger partial charge in [-0.3, -0.25) is 9.59 Å². The van der Waals surface area contributed by atoms with E-state index in [1.807, 2.05) is 29.7 Å². The zero-order valence-electron chi connectivity index (χ0n) is 11.3. The van der Waals surface area contributed by atoms with Crippen molar-refractivity contribution in [1.29, 1.82) is 0 Å². The molecule has 0 aliphatic rings. The van der Waals surface area contributed by atoms with Gasteiger partial charge < -0.3 is 10.4 Å². The molecule has 0 fully saturated rings. The first-order valence-corrected chi connectivity index (χ1v) is 7.90. The van der Waals surface area contributed by atoms with E-state index in [1.165, 1.54) is 29.6 Å². The number of thiophene rings is 1. The lowest BCUT2D eigenvalue weighted by molar-refractivity contribution is -0.136. The summed E-state index contributed by atoms with van der Waals surface area (Å²) in [6.07, 6.45) is 3.84. The summed E-state index contributed by atoms with van der Waals surface area (Å²) in [7, 11) is 0. The minimum absolute atomic E-state index is 0.0517. The van der Waals surface area contributed by atoms with Gasteiger partial charge >= 0.3 is 5.97 Å². The van der Waals surface area contributed by atoms with Gasteiger partial charge in [0.15, 0.2) is 0 Å². The van der Waals surface area contributed by atoms with Gasteiger partial charge in [0.05, 0.1) is 18.7 Å². The van der Waals surface area contributed by atoms with Crippen LogP contribution in [0.1, 0.15) is 27.4 Å². The minimum atomic E-state index is -0.825. The lowest BCUT2D eigenvalue weighted by Crippen LogP contribution is -2.18. The van der Waals surface area contributed by atoms with Crippen molar-refractivity contribution in [2.24, 2.45) is 0 Å². The van der Waals surface area contributed by atoms with Crippen LogP contribution in [-0.4, -0.2) is 22.0 Å². The maximum atomic E-state index is 10.8. The molecule has 0 bridgehead atoms. The number of carboxylic acids is 1. The number of nitrogens with one attached hydrogen (secondary N) is 1. The Hall–Kier alpha value is -1.99. The molecule has 0 saturated carbocycles. The highest BCUT2D eigenvalue weighted by atomic mass is 32.1. The molecule has 2 heterocycles. The second-order valence-electron chi connectivity index (χ2n) is 4.28. The Morgan fingerprint density at radius 1 is 1.38 bits per heavy atom. The lowest BCUT2D eigenvalue weighted by atomic mass is 10.3. The molecule has 0 spiro atoms. The molecule has 0 aliphatic carbocycles. The fourth-order valence-electron chi connectivity index (χ4n) is 1.58.